The van der Waals surface area contributed by atoms with Crippen LogP contribution in [0.2, 0.25) is 0 Å². The summed E-state index contributed by atoms with van der Waals surface area (Å²) in [6.45, 7) is 2.23. The first-order valence-corrected chi connectivity index (χ1v) is 6.70. The molecule has 1 aliphatic carbocycles. The molecule has 5 heteroatoms. The number of nitrogens with two attached hydrogens (primary N) is 1. The van der Waals surface area contributed by atoms with Crippen LogP contribution in [-0.4, -0.2) is 27.2 Å². The molecule has 1 aliphatic rings. The van der Waals surface area contributed by atoms with Crippen LogP contribution in [0, 0.1) is 0 Å². The molecule has 4 N–H and O–H groups in total. The third-order valence-electron chi connectivity index (χ3n) is 3.52. The van der Waals surface area contributed by atoms with Crippen molar-refractivity contribution in [3.8, 4) is 0 Å². The van der Waals surface area contributed by atoms with E-state index in [1.807, 2.05) is 0 Å². The van der Waals surface area contributed by atoms with Crippen molar-refractivity contribution >= 4 is 11.6 Å². The van der Waals surface area contributed by atoms with Crippen LogP contribution in [-0.2, 0) is 6.42 Å². The van der Waals surface area contributed by atoms with Crippen molar-refractivity contribution in [2.45, 2.75) is 51.0 Å². The maximum atomic E-state index is 9.58. The van der Waals surface area contributed by atoms with Crippen molar-refractivity contribution in [1.82, 2.24) is 9.97 Å². The molecule has 0 spiro atoms. The van der Waals surface area contributed by atoms with Crippen LogP contribution >= 0.6 is 0 Å². The van der Waals surface area contributed by atoms with Gasteiger partial charge in [0.1, 0.15) is 17.5 Å². The Morgan fingerprint density at radius 2 is 2.11 bits per heavy atom. The van der Waals surface area contributed by atoms with Crippen LogP contribution < -0.4 is 11.1 Å². The Morgan fingerprint density at radius 1 is 1.39 bits per heavy atom. The lowest BCUT2D eigenvalue weighted by Crippen LogP contribution is -2.39. The molecule has 0 saturated heterocycles. The molecule has 0 aromatic carbocycles. The van der Waals surface area contributed by atoms with Crippen LogP contribution in [0.25, 0.3) is 0 Å². The molecule has 0 radical (unpaired) electrons. The molecular weight excluding hydrogens is 228 g/mol. The van der Waals surface area contributed by atoms with Gasteiger partial charge in [-0.1, -0.05) is 19.8 Å². The SMILES string of the molecule is CCCc1nc(N)cc(NC2(CO)CCCC2)n1. The Kier molecular flexibility index (Phi) is 4.01. The van der Waals surface area contributed by atoms with Crippen LogP contribution in [0.5, 0.6) is 0 Å². The van der Waals surface area contributed by atoms with Gasteiger partial charge in [-0.05, 0) is 19.3 Å². The van der Waals surface area contributed by atoms with Gasteiger partial charge in [0.25, 0.3) is 0 Å². The normalized spacial score (nSPS) is 17.9. The predicted molar refractivity (Wildman–Crippen MR) is 72.3 cm³/mol. The summed E-state index contributed by atoms with van der Waals surface area (Å²) in [4.78, 5) is 8.68. The number of nitrogen functional groups attached to an aromatic ring is 1. The first kappa shape index (κ1) is 13.1. The predicted octanol–water partition coefficient (Wildman–Crippen LogP) is 1.73. The van der Waals surface area contributed by atoms with Gasteiger partial charge in [0.15, 0.2) is 0 Å². The van der Waals surface area contributed by atoms with Gasteiger partial charge in [0.05, 0.1) is 12.1 Å². The highest BCUT2D eigenvalue weighted by Gasteiger charge is 2.33. The maximum Gasteiger partial charge on any atom is 0.133 e. The fourth-order valence-corrected chi connectivity index (χ4v) is 2.56. The molecule has 1 saturated carbocycles. The Labute approximate surface area is 108 Å². The minimum Gasteiger partial charge on any atom is -0.394 e. The lowest BCUT2D eigenvalue weighted by Gasteiger charge is -2.28. The number of aryl methyl sites for hydroxylation is 1. The molecule has 0 aliphatic heterocycles. The number of nitrogens with zero attached hydrogens (tertiary/aromatic N) is 2. The number of hydrogen-bond donors (Lipinski definition) is 3. The quantitative estimate of drug-likeness (QED) is 0.741. The molecule has 0 bridgehead atoms. The highest BCUT2D eigenvalue weighted by atomic mass is 16.3. The summed E-state index contributed by atoms with van der Waals surface area (Å²) in [5.74, 6) is 2.00. The monoisotopic (exact) mass is 250 g/mol. The Hall–Kier alpha value is -1.36. The third kappa shape index (κ3) is 2.90. The first-order chi connectivity index (χ1) is 8.67. The fourth-order valence-electron chi connectivity index (χ4n) is 2.56. The number of aliphatic hydroxyl groups is 1. The van der Waals surface area contributed by atoms with Crippen molar-refractivity contribution in [2.24, 2.45) is 0 Å². The van der Waals surface area contributed by atoms with Crippen LogP contribution in [0.3, 0.4) is 0 Å². The molecule has 2 rings (SSSR count). The third-order valence-corrected chi connectivity index (χ3v) is 3.52. The van der Waals surface area contributed by atoms with E-state index in [2.05, 4.69) is 22.2 Å². The molecule has 0 atom stereocenters. The second kappa shape index (κ2) is 5.52. The molecule has 18 heavy (non-hydrogen) atoms. The summed E-state index contributed by atoms with van der Waals surface area (Å²) in [5, 5.41) is 12.9. The highest BCUT2D eigenvalue weighted by molar-refractivity contribution is 5.46. The number of rotatable bonds is 5. The minimum atomic E-state index is -0.218. The zero-order valence-electron chi connectivity index (χ0n) is 10.9. The lowest BCUT2D eigenvalue weighted by atomic mass is 9.99. The number of aromatic nitrogens is 2. The second-order valence-corrected chi connectivity index (χ2v) is 5.11. The molecule has 100 valence electrons. The summed E-state index contributed by atoms with van der Waals surface area (Å²) in [6, 6.07) is 1.74. The van der Waals surface area contributed by atoms with E-state index < -0.39 is 0 Å². The summed E-state index contributed by atoms with van der Waals surface area (Å²) in [7, 11) is 0. The average Bonchev–Trinajstić information content (AvgIpc) is 2.78. The lowest BCUT2D eigenvalue weighted by molar-refractivity contribution is 0.214. The van der Waals surface area contributed by atoms with Crippen LogP contribution in [0.1, 0.15) is 44.9 Å². The van der Waals surface area contributed by atoms with Gasteiger partial charge in [-0.3, -0.25) is 0 Å². The maximum absolute atomic E-state index is 9.58. The van der Waals surface area contributed by atoms with E-state index in [-0.39, 0.29) is 12.1 Å². The molecule has 0 amide bonds. The summed E-state index contributed by atoms with van der Waals surface area (Å²) >= 11 is 0. The van der Waals surface area contributed by atoms with E-state index in [0.717, 1.165) is 50.2 Å². The Bertz CT molecular complexity index is 402. The van der Waals surface area contributed by atoms with Gasteiger partial charge < -0.3 is 16.2 Å². The van der Waals surface area contributed by atoms with Gasteiger partial charge in [0.2, 0.25) is 0 Å². The summed E-state index contributed by atoms with van der Waals surface area (Å²) < 4.78 is 0. The summed E-state index contributed by atoms with van der Waals surface area (Å²) in [6.07, 6.45) is 6.08. The van der Waals surface area contributed by atoms with Crippen LogP contribution in [0.4, 0.5) is 11.6 Å². The highest BCUT2D eigenvalue weighted by Crippen LogP contribution is 2.32. The zero-order chi connectivity index (χ0) is 13.0. The zero-order valence-corrected chi connectivity index (χ0v) is 10.9. The number of hydrogen-bond acceptors (Lipinski definition) is 5. The fraction of sp³-hybridized carbons (Fsp3) is 0.692. The van der Waals surface area contributed by atoms with Crippen molar-refractivity contribution < 1.29 is 5.11 Å². The number of aliphatic hydroxyl groups excluding tert-OH is 1. The van der Waals surface area contributed by atoms with Gasteiger partial charge in [-0.2, -0.15) is 0 Å². The summed E-state index contributed by atoms with van der Waals surface area (Å²) in [5.41, 5.74) is 5.58. The molecule has 5 nitrogen and oxygen atoms in total. The number of anilines is 2. The van der Waals surface area contributed by atoms with E-state index in [9.17, 15) is 5.11 Å². The van der Waals surface area contributed by atoms with E-state index in [1.54, 1.807) is 6.07 Å². The largest absolute Gasteiger partial charge is 0.394 e. The standard InChI is InChI=1S/C13H22N4O/c1-2-5-11-15-10(14)8-12(16-11)17-13(9-18)6-3-4-7-13/h8,18H,2-7,9H2,1H3,(H3,14,15,16,17). The smallest absolute Gasteiger partial charge is 0.133 e. The van der Waals surface area contributed by atoms with Gasteiger partial charge in [0, 0.05) is 12.5 Å². The molecule has 0 unspecified atom stereocenters. The number of nitrogens with one attached hydrogen (secondary N) is 1. The average molecular weight is 250 g/mol. The van der Waals surface area contributed by atoms with Crippen LogP contribution in [0.15, 0.2) is 6.07 Å². The first-order valence-electron chi connectivity index (χ1n) is 6.70. The van der Waals surface area contributed by atoms with Gasteiger partial charge in [-0.15, -0.1) is 0 Å². The van der Waals surface area contributed by atoms with Crippen molar-refractivity contribution in [3.63, 3.8) is 0 Å². The minimum absolute atomic E-state index is 0.139. The van der Waals surface area contributed by atoms with Gasteiger partial charge >= 0.3 is 0 Å². The molecule has 1 heterocycles. The molecular formula is C13H22N4O. The van der Waals surface area contributed by atoms with E-state index in [1.165, 1.54) is 0 Å². The Balaban J connectivity index is 2.17. The Morgan fingerprint density at radius 3 is 2.72 bits per heavy atom. The molecule has 1 aromatic heterocycles. The molecule has 1 fully saturated rings. The second-order valence-electron chi connectivity index (χ2n) is 5.11. The van der Waals surface area contributed by atoms with Crippen molar-refractivity contribution in [3.05, 3.63) is 11.9 Å². The van der Waals surface area contributed by atoms with E-state index in [4.69, 9.17) is 5.73 Å². The molecule has 1 aromatic rings. The van der Waals surface area contributed by atoms with E-state index >= 15 is 0 Å². The van der Waals surface area contributed by atoms with Crippen molar-refractivity contribution in [2.75, 3.05) is 17.7 Å². The van der Waals surface area contributed by atoms with Gasteiger partial charge in [-0.25, -0.2) is 9.97 Å². The van der Waals surface area contributed by atoms with Crippen molar-refractivity contribution in [1.29, 1.82) is 0 Å². The topological polar surface area (TPSA) is 84.1 Å². The van der Waals surface area contributed by atoms with E-state index in [0.29, 0.717) is 5.82 Å².